The molecule has 0 radical (unpaired) electrons. The minimum atomic E-state index is -0.246. The molecular weight excluding hydrogens is 340 g/mol. The van der Waals surface area contributed by atoms with Gasteiger partial charge in [-0.15, -0.1) is 0 Å². The van der Waals surface area contributed by atoms with E-state index in [1.807, 2.05) is 38.1 Å². The van der Waals surface area contributed by atoms with Crippen molar-refractivity contribution in [3.05, 3.63) is 41.9 Å². The second-order valence-electron chi connectivity index (χ2n) is 7.31. The molecule has 0 unspecified atom stereocenters. The smallest absolute Gasteiger partial charge is 0.274 e. The molecule has 2 aromatic rings. The Morgan fingerprint density at radius 3 is 2.48 bits per heavy atom. The molecule has 0 saturated heterocycles. The quantitative estimate of drug-likeness (QED) is 0.781. The number of aromatic nitrogens is 2. The number of anilines is 2. The van der Waals surface area contributed by atoms with Crippen LogP contribution < -0.4 is 15.4 Å². The lowest BCUT2D eigenvalue weighted by atomic mass is 9.95. The zero-order chi connectivity index (χ0) is 19.2. The molecule has 1 fully saturated rings. The molecule has 6 nitrogen and oxygen atoms in total. The van der Waals surface area contributed by atoms with Crippen molar-refractivity contribution in [1.29, 1.82) is 0 Å². The van der Waals surface area contributed by atoms with Crippen LogP contribution in [-0.4, -0.2) is 28.0 Å². The lowest BCUT2D eigenvalue weighted by molar-refractivity contribution is 0.102. The van der Waals surface area contributed by atoms with Gasteiger partial charge in [-0.25, -0.2) is 9.97 Å². The Hall–Kier alpha value is -2.63. The first-order valence-corrected chi connectivity index (χ1v) is 9.70. The van der Waals surface area contributed by atoms with Gasteiger partial charge in [0.2, 0.25) is 0 Å². The molecule has 0 atom stereocenters. The van der Waals surface area contributed by atoms with E-state index in [1.54, 1.807) is 13.0 Å². The molecule has 0 aliphatic heterocycles. The maximum Gasteiger partial charge on any atom is 0.274 e. The molecule has 1 aliphatic carbocycles. The van der Waals surface area contributed by atoms with Crippen molar-refractivity contribution in [2.75, 3.05) is 10.6 Å². The zero-order valence-corrected chi connectivity index (χ0v) is 16.3. The fraction of sp³-hybridized carbons (Fsp3) is 0.476. The van der Waals surface area contributed by atoms with E-state index in [2.05, 4.69) is 20.6 Å². The van der Waals surface area contributed by atoms with E-state index in [0.29, 0.717) is 23.2 Å². The molecule has 1 heterocycles. The number of nitrogens with zero attached hydrogens (tertiary/aromatic N) is 2. The maximum absolute atomic E-state index is 12.6. The second-order valence-corrected chi connectivity index (χ2v) is 7.31. The molecule has 3 rings (SSSR count). The fourth-order valence-corrected chi connectivity index (χ4v) is 3.30. The Bertz CT molecular complexity index is 768. The second kappa shape index (κ2) is 8.84. The summed E-state index contributed by atoms with van der Waals surface area (Å²) < 4.78 is 5.62. The van der Waals surface area contributed by atoms with Gasteiger partial charge in [0.05, 0.1) is 6.10 Å². The number of hydrogen-bond acceptors (Lipinski definition) is 5. The molecule has 1 saturated carbocycles. The largest absolute Gasteiger partial charge is 0.491 e. The van der Waals surface area contributed by atoms with Crippen LogP contribution in [0.4, 0.5) is 11.5 Å². The topological polar surface area (TPSA) is 76.1 Å². The molecule has 0 bridgehead atoms. The first-order valence-electron chi connectivity index (χ1n) is 9.70. The molecule has 1 aliphatic rings. The molecule has 0 spiro atoms. The SMILES string of the molecule is Cc1nc(NC2CCCCC2)cc(C(=O)Nc2ccc(OC(C)C)cc2)n1. The molecular formula is C21H28N4O2. The monoisotopic (exact) mass is 368 g/mol. The van der Waals surface area contributed by atoms with Crippen LogP contribution in [0.3, 0.4) is 0 Å². The summed E-state index contributed by atoms with van der Waals surface area (Å²) in [6.45, 7) is 5.76. The van der Waals surface area contributed by atoms with Crippen molar-refractivity contribution in [2.24, 2.45) is 0 Å². The average Bonchev–Trinajstić information content (AvgIpc) is 2.63. The highest BCUT2D eigenvalue weighted by molar-refractivity contribution is 6.03. The number of aryl methyl sites for hydroxylation is 1. The summed E-state index contributed by atoms with van der Waals surface area (Å²) in [5, 5.41) is 6.34. The molecule has 1 aromatic heterocycles. The van der Waals surface area contributed by atoms with Crippen LogP contribution >= 0.6 is 0 Å². The van der Waals surface area contributed by atoms with Gasteiger partial charge in [0, 0.05) is 17.8 Å². The third-order valence-corrected chi connectivity index (χ3v) is 4.51. The lowest BCUT2D eigenvalue weighted by Crippen LogP contribution is -2.24. The summed E-state index contributed by atoms with van der Waals surface area (Å²) >= 11 is 0. The lowest BCUT2D eigenvalue weighted by Gasteiger charge is -2.23. The van der Waals surface area contributed by atoms with Crippen LogP contribution in [-0.2, 0) is 0 Å². The van der Waals surface area contributed by atoms with Crippen molar-refractivity contribution in [1.82, 2.24) is 9.97 Å². The maximum atomic E-state index is 12.6. The fourth-order valence-electron chi connectivity index (χ4n) is 3.30. The first-order chi connectivity index (χ1) is 13.0. The van der Waals surface area contributed by atoms with Gasteiger partial charge in [-0.3, -0.25) is 4.79 Å². The van der Waals surface area contributed by atoms with Crippen LogP contribution in [0.25, 0.3) is 0 Å². The number of rotatable bonds is 6. The van der Waals surface area contributed by atoms with E-state index in [9.17, 15) is 4.79 Å². The number of benzene rings is 1. The van der Waals surface area contributed by atoms with E-state index in [4.69, 9.17) is 4.74 Å². The summed E-state index contributed by atoms with van der Waals surface area (Å²) in [5.41, 5.74) is 1.07. The molecule has 2 N–H and O–H groups in total. The molecule has 6 heteroatoms. The normalized spacial score (nSPS) is 14.8. The number of hydrogen-bond donors (Lipinski definition) is 2. The Morgan fingerprint density at radius 1 is 1.11 bits per heavy atom. The third-order valence-electron chi connectivity index (χ3n) is 4.51. The van der Waals surface area contributed by atoms with Gasteiger partial charge >= 0.3 is 0 Å². The van der Waals surface area contributed by atoms with Gasteiger partial charge in [-0.1, -0.05) is 19.3 Å². The van der Waals surface area contributed by atoms with Gasteiger partial charge in [0.25, 0.3) is 5.91 Å². The summed E-state index contributed by atoms with van der Waals surface area (Å²) in [4.78, 5) is 21.3. The Kier molecular flexibility index (Phi) is 6.27. The number of amides is 1. The van der Waals surface area contributed by atoms with Crippen LogP contribution in [0.5, 0.6) is 5.75 Å². The van der Waals surface area contributed by atoms with Gasteiger partial charge in [-0.05, 0) is 57.9 Å². The van der Waals surface area contributed by atoms with E-state index >= 15 is 0 Å². The Morgan fingerprint density at radius 2 is 1.81 bits per heavy atom. The highest BCUT2D eigenvalue weighted by Crippen LogP contribution is 2.22. The predicted octanol–water partition coefficient (Wildman–Crippen LogP) is 4.57. The molecule has 1 aromatic carbocycles. The highest BCUT2D eigenvalue weighted by Gasteiger charge is 2.16. The van der Waals surface area contributed by atoms with Gasteiger partial charge in [0.15, 0.2) is 0 Å². The van der Waals surface area contributed by atoms with Crippen LogP contribution in [0.15, 0.2) is 30.3 Å². The number of ether oxygens (including phenoxy) is 1. The third kappa shape index (κ3) is 5.67. The summed E-state index contributed by atoms with van der Waals surface area (Å²) in [6, 6.07) is 9.49. The van der Waals surface area contributed by atoms with Gasteiger partial charge in [-0.2, -0.15) is 0 Å². The predicted molar refractivity (Wildman–Crippen MR) is 107 cm³/mol. The number of carbonyl (C=O) groups is 1. The zero-order valence-electron chi connectivity index (χ0n) is 16.3. The van der Waals surface area contributed by atoms with Crippen molar-refractivity contribution in [3.63, 3.8) is 0 Å². The van der Waals surface area contributed by atoms with Crippen molar-refractivity contribution in [3.8, 4) is 5.75 Å². The van der Waals surface area contributed by atoms with Crippen molar-refractivity contribution >= 4 is 17.4 Å². The summed E-state index contributed by atoms with van der Waals surface area (Å²) in [6.07, 6.45) is 6.20. The molecule has 27 heavy (non-hydrogen) atoms. The standard InChI is InChI=1S/C21H28N4O2/c1-14(2)27-18-11-9-17(10-12-18)25-21(26)19-13-20(23-15(3)22-19)24-16-7-5-4-6-8-16/h9-14,16H,4-8H2,1-3H3,(H,25,26)(H,22,23,24). The van der Waals surface area contributed by atoms with E-state index in [1.165, 1.54) is 19.3 Å². The number of carbonyl (C=O) groups excluding carboxylic acids is 1. The molecule has 144 valence electrons. The van der Waals surface area contributed by atoms with E-state index in [0.717, 1.165) is 24.4 Å². The minimum Gasteiger partial charge on any atom is -0.491 e. The van der Waals surface area contributed by atoms with Gasteiger partial charge < -0.3 is 15.4 Å². The summed E-state index contributed by atoms with van der Waals surface area (Å²) in [5.74, 6) is 1.84. The van der Waals surface area contributed by atoms with E-state index in [-0.39, 0.29) is 12.0 Å². The first kappa shape index (κ1) is 19.1. The summed E-state index contributed by atoms with van der Waals surface area (Å²) in [7, 11) is 0. The van der Waals surface area contributed by atoms with Gasteiger partial charge in [0.1, 0.15) is 23.1 Å². The Labute approximate surface area is 160 Å². The molecule has 1 amide bonds. The average molecular weight is 368 g/mol. The Balaban J connectivity index is 1.66. The highest BCUT2D eigenvalue weighted by atomic mass is 16.5. The minimum absolute atomic E-state index is 0.115. The number of nitrogens with one attached hydrogen (secondary N) is 2. The van der Waals surface area contributed by atoms with Crippen molar-refractivity contribution in [2.45, 2.75) is 65.0 Å². The van der Waals surface area contributed by atoms with Crippen molar-refractivity contribution < 1.29 is 9.53 Å². The van der Waals surface area contributed by atoms with E-state index < -0.39 is 0 Å². The van der Waals surface area contributed by atoms with Crippen LogP contribution in [0.1, 0.15) is 62.3 Å². The van der Waals surface area contributed by atoms with Crippen LogP contribution in [0, 0.1) is 6.92 Å². The van der Waals surface area contributed by atoms with Crippen LogP contribution in [0.2, 0.25) is 0 Å².